The van der Waals surface area contributed by atoms with Crippen LogP contribution in [0.1, 0.15) is 17.4 Å². The number of hydrogen-bond acceptors (Lipinski definition) is 3. The van der Waals surface area contributed by atoms with Gasteiger partial charge in [-0.3, -0.25) is 9.47 Å². The number of ether oxygens (including phenoxy) is 1. The second-order valence-electron chi connectivity index (χ2n) is 2.61. The van der Waals surface area contributed by atoms with E-state index < -0.39 is 12.0 Å². The summed E-state index contributed by atoms with van der Waals surface area (Å²) < 4.78 is 6.48. The molecule has 6 nitrogen and oxygen atoms in total. The SMILES string of the molecule is CCOC(=O)Nn1cc(Br)cc1C(N)=O. The zero-order chi connectivity index (χ0) is 11.4. The quantitative estimate of drug-likeness (QED) is 0.865. The highest BCUT2D eigenvalue weighted by Crippen LogP contribution is 2.13. The third-order valence-electron chi connectivity index (χ3n) is 1.53. The lowest BCUT2D eigenvalue weighted by Crippen LogP contribution is -2.28. The normalized spacial score (nSPS) is 9.73. The molecule has 0 aromatic carbocycles. The smallest absolute Gasteiger partial charge is 0.426 e. The fourth-order valence-electron chi connectivity index (χ4n) is 0.974. The van der Waals surface area contributed by atoms with E-state index in [1.54, 1.807) is 6.92 Å². The van der Waals surface area contributed by atoms with Gasteiger partial charge in [0.25, 0.3) is 5.91 Å². The average Bonchev–Trinajstić information content (AvgIpc) is 2.47. The van der Waals surface area contributed by atoms with Crippen molar-refractivity contribution in [2.24, 2.45) is 5.73 Å². The summed E-state index contributed by atoms with van der Waals surface area (Å²) in [6, 6.07) is 1.49. The van der Waals surface area contributed by atoms with Crippen molar-refractivity contribution in [2.75, 3.05) is 12.0 Å². The first-order chi connectivity index (χ1) is 7.04. The number of nitrogens with two attached hydrogens (primary N) is 1. The van der Waals surface area contributed by atoms with Gasteiger partial charge in [0.1, 0.15) is 5.69 Å². The van der Waals surface area contributed by atoms with E-state index in [1.165, 1.54) is 16.9 Å². The van der Waals surface area contributed by atoms with E-state index in [2.05, 4.69) is 26.1 Å². The predicted octanol–water partition coefficient (Wildman–Crippen LogP) is 1.05. The lowest BCUT2D eigenvalue weighted by molar-refractivity contribution is 0.0993. The zero-order valence-electron chi connectivity index (χ0n) is 7.99. The molecule has 1 aromatic rings. The Bertz CT molecular complexity index is 388. The molecule has 0 aliphatic heterocycles. The molecule has 0 aliphatic rings. The second kappa shape index (κ2) is 4.83. The van der Waals surface area contributed by atoms with Gasteiger partial charge in [-0.05, 0) is 28.9 Å². The maximum Gasteiger partial charge on any atom is 0.426 e. The molecule has 0 bridgehead atoms. The summed E-state index contributed by atoms with van der Waals surface area (Å²) in [5.41, 5.74) is 7.61. The number of hydrogen-bond donors (Lipinski definition) is 2. The van der Waals surface area contributed by atoms with E-state index in [1.807, 2.05) is 0 Å². The summed E-state index contributed by atoms with van der Waals surface area (Å²) in [5.74, 6) is -0.641. The maximum atomic E-state index is 11.1. The van der Waals surface area contributed by atoms with E-state index >= 15 is 0 Å². The fourth-order valence-corrected chi connectivity index (χ4v) is 1.40. The minimum Gasteiger partial charge on any atom is -0.449 e. The van der Waals surface area contributed by atoms with E-state index in [0.29, 0.717) is 4.47 Å². The molecule has 82 valence electrons. The third kappa shape index (κ3) is 2.98. The van der Waals surface area contributed by atoms with Gasteiger partial charge in [-0.25, -0.2) is 10.2 Å². The number of nitrogens with one attached hydrogen (secondary N) is 1. The van der Waals surface area contributed by atoms with E-state index in [-0.39, 0.29) is 12.3 Å². The third-order valence-corrected chi connectivity index (χ3v) is 1.96. The highest BCUT2D eigenvalue weighted by Gasteiger charge is 2.11. The summed E-state index contributed by atoms with van der Waals surface area (Å²) >= 11 is 3.16. The Morgan fingerprint density at radius 2 is 2.33 bits per heavy atom. The molecular weight excluding hydrogens is 266 g/mol. The number of rotatable bonds is 3. The molecule has 0 unspecified atom stereocenters. The van der Waals surface area contributed by atoms with Crippen LogP contribution in [0.2, 0.25) is 0 Å². The average molecular weight is 276 g/mol. The Morgan fingerprint density at radius 1 is 1.67 bits per heavy atom. The Hall–Kier alpha value is -1.50. The summed E-state index contributed by atoms with van der Waals surface area (Å²) in [4.78, 5) is 22.0. The van der Waals surface area contributed by atoms with Crippen LogP contribution in [0.15, 0.2) is 16.7 Å². The first-order valence-electron chi connectivity index (χ1n) is 4.16. The Morgan fingerprint density at radius 3 is 2.87 bits per heavy atom. The summed E-state index contributed by atoms with van der Waals surface area (Å²) in [6.07, 6.45) is 0.847. The zero-order valence-corrected chi connectivity index (χ0v) is 9.58. The molecule has 2 amide bonds. The van der Waals surface area contributed by atoms with Crippen molar-refractivity contribution in [2.45, 2.75) is 6.92 Å². The topological polar surface area (TPSA) is 86.3 Å². The first-order valence-corrected chi connectivity index (χ1v) is 4.95. The Balaban J connectivity index is 2.84. The maximum absolute atomic E-state index is 11.1. The second-order valence-corrected chi connectivity index (χ2v) is 3.53. The van der Waals surface area contributed by atoms with Crippen molar-refractivity contribution >= 4 is 27.9 Å². The van der Waals surface area contributed by atoms with Gasteiger partial charge in [-0.2, -0.15) is 0 Å². The number of nitrogens with zero attached hydrogens (tertiary/aromatic N) is 1. The molecule has 0 aliphatic carbocycles. The lowest BCUT2D eigenvalue weighted by Gasteiger charge is -2.07. The summed E-state index contributed by atoms with van der Waals surface area (Å²) in [6.45, 7) is 1.93. The van der Waals surface area contributed by atoms with Gasteiger partial charge >= 0.3 is 6.09 Å². The van der Waals surface area contributed by atoms with Crippen LogP contribution in [0.5, 0.6) is 0 Å². The van der Waals surface area contributed by atoms with E-state index in [0.717, 1.165) is 0 Å². The van der Waals surface area contributed by atoms with Gasteiger partial charge in [-0.15, -0.1) is 0 Å². The lowest BCUT2D eigenvalue weighted by atomic mass is 10.4. The van der Waals surface area contributed by atoms with Crippen molar-refractivity contribution < 1.29 is 14.3 Å². The van der Waals surface area contributed by atoms with Gasteiger partial charge < -0.3 is 10.5 Å². The van der Waals surface area contributed by atoms with Crippen molar-refractivity contribution in [1.82, 2.24) is 4.68 Å². The summed E-state index contributed by atoms with van der Waals surface area (Å²) in [7, 11) is 0. The van der Waals surface area contributed by atoms with Crippen LogP contribution in [0.3, 0.4) is 0 Å². The molecule has 3 N–H and O–H groups in total. The molecule has 0 fully saturated rings. The van der Waals surface area contributed by atoms with Crippen LogP contribution >= 0.6 is 15.9 Å². The first kappa shape index (κ1) is 11.6. The van der Waals surface area contributed by atoms with Crippen molar-refractivity contribution in [1.29, 1.82) is 0 Å². The fraction of sp³-hybridized carbons (Fsp3) is 0.250. The molecule has 0 saturated heterocycles. The Kier molecular flexibility index (Phi) is 3.73. The van der Waals surface area contributed by atoms with Gasteiger partial charge in [0.05, 0.1) is 6.61 Å². The standard InChI is InChI=1S/C8H10BrN3O3/c1-2-15-8(14)11-12-4-5(9)3-6(12)7(10)13/h3-4H,2H2,1H3,(H2,10,13)(H,11,14). The largest absolute Gasteiger partial charge is 0.449 e. The molecule has 15 heavy (non-hydrogen) atoms. The van der Waals surface area contributed by atoms with Crippen LogP contribution in [-0.2, 0) is 4.74 Å². The minimum absolute atomic E-state index is 0.162. The highest BCUT2D eigenvalue weighted by molar-refractivity contribution is 9.10. The molecule has 1 aromatic heterocycles. The molecule has 1 rings (SSSR count). The van der Waals surface area contributed by atoms with Crippen LogP contribution in [0.4, 0.5) is 4.79 Å². The van der Waals surface area contributed by atoms with Gasteiger partial charge in [0.15, 0.2) is 0 Å². The minimum atomic E-state index is -0.650. The number of halogens is 1. The number of carbonyl (C=O) groups is 2. The van der Waals surface area contributed by atoms with Gasteiger partial charge in [0.2, 0.25) is 0 Å². The number of primary amides is 1. The van der Waals surface area contributed by atoms with Crippen LogP contribution in [0, 0.1) is 0 Å². The van der Waals surface area contributed by atoms with Crippen molar-refractivity contribution in [3.63, 3.8) is 0 Å². The number of carbonyl (C=O) groups excluding carboxylic acids is 2. The number of aromatic nitrogens is 1. The molecule has 1 heterocycles. The molecule has 7 heteroatoms. The molecule has 0 spiro atoms. The van der Waals surface area contributed by atoms with Crippen LogP contribution in [0.25, 0.3) is 0 Å². The monoisotopic (exact) mass is 275 g/mol. The van der Waals surface area contributed by atoms with E-state index in [9.17, 15) is 9.59 Å². The van der Waals surface area contributed by atoms with Gasteiger partial charge in [-0.1, -0.05) is 0 Å². The van der Waals surface area contributed by atoms with Crippen molar-refractivity contribution in [3.05, 3.63) is 22.4 Å². The van der Waals surface area contributed by atoms with Crippen LogP contribution in [-0.4, -0.2) is 23.3 Å². The Labute approximate surface area is 94.5 Å². The number of amides is 2. The molecular formula is C8H10BrN3O3. The highest BCUT2D eigenvalue weighted by atomic mass is 79.9. The molecule has 0 saturated carbocycles. The van der Waals surface area contributed by atoms with Crippen molar-refractivity contribution in [3.8, 4) is 0 Å². The van der Waals surface area contributed by atoms with Crippen LogP contribution < -0.4 is 11.2 Å². The van der Waals surface area contributed by atoms with Gasteiger partial charge in [0, 0.05) is 10.7 Å². The predicted molar refractivity (Wildman–Crippen MR) is 57.0 cm³/mol. The van der Waals surface area contributed by atoms with E-state index in [4.69, 9.17) is 5.73 Å². The summed E-state index contributed by atoms with van der Waals surface area (Å²) in [5, 5.41) is 0. The molecule has 0 radical (unpaired) electrons. The molecule has 0 atom stereocenters.